The number of thiophene rings is 1. The molecule has 0 bridgehead atoms. The molecule has 0 aliphatic rings. The van der Waals surface area contributed by atoms with E-state index in [-0.39, 0.29) is 18.6 Å². The van der Waals surface area contributed by atoms with Crippen LogP contribution < -0.4 is 5.32 Å². The molecule has 1 aromatic rings. The van der Waals surface area contributed by atoms with Gasteiger partial charge in [-0.1, -0.05) is 38.0 Å². The first kappa shape index (κ1) is 16.7. The van der Waals surface area contributed by atoms with Crippen molar-refractivity contribution in [2.24, 2.45) is 0 Å². The van der Waals surface area contributed by atoms with Gasteiger partial charge in [0, 0.05) is 12.5 Å². The molecule has 0 aliphatic carbocycles. The first-order valence-electron chi connectivity index (χ1n) is 7.17. The Bertz CT molecular complexity index is 470. The highest BCUT2D eigenvalue weighted by Crippen LogP contribution is 2.16. The van der Waals surface area contributed by atoms with Gasteiger partial charge in [0.1, 0.15) is 0 Å². The van der Waals surface area contributed by atoms with Crippen molar-refractivity contribution in [1.29, 1.82) is 0 Å². The van der Waals surface area contributed by atoms with Crippen LogP contribution in [0.1, 0.15) is 60.5 Å². The van der Waals surface area contributed by atoms with E-state index in [4.69, 9.17) is 5.11 Å². The van der Waals surface area contributed by atoms with Gasteiger partial charge in [-0.3, -0.25) is 4.79 Å². The Balaban J connectivity index is 2.46. The van der Waals surface area contributed by atoms with E-state index in [0.717, 1.165) is 17.7 Å². The number of hydrogen-bond donors (Lipinski definition) is 2. The van der Waals surface area contributed by atoms with Crippen LogP contribution in [0.2, 0.25) is 0 Å². The number of nitrogens with one attached hydrogen (secondary N) is 1. The van der Waals surface area contributed by atoms with E-state index in [9.17, 15) is 4.79 Å². The summed E-state index contributed by atoms with van der Waals surface area (Å²) in [5.41, 5.74) is 0. The molecule has 0 aromatic carbocycles. The third-order valence-electron chi connectivity index (χ3n) is 2.90. The normalized spacial score (nSPS) is 11.6. The lowest BCUT2D eigenvalue weighted by atomic mass is 10.1. The molecular formula is C16H23NO2S. The fourth-order valence-electron chi connectivity index (χ4n) is 1.80. The highest BCUT2D eigenvalue weighted by molar-refractivity contribution is 7.14. The van der Waals surface area contributed by atoms with Crippen LogP contribution in [0, 0.1) is 11.8 Å². The van der Waals surface area contributed by atoms with E-state index in [1.165, 1.54) is 24.2 Å². The Morgan fingerprint density at radius 1 is 1.45 bits per heavy atom. The monoisotopic (exact) mass is 293 g/mol. The molecule has 20 heavy (non-hydrogen) atoms. The van der Waals surface area contributed by atoms with E-state index in [1.807, 2.05) is 19.1 Å². The summed E-state index contributed by atoms with van der Waals surface area (Å²) in [6.07, 6.45) is 5.05. The molecular weight excluding hydrogens is 270 g/mol. The summed E-state index contributed by atoms with van der Waals surface area (Å²) in [7, 11) is 0. The number of aliphatic hydroxyl groups excluding tert-OH is 1. The summed E-state index contributed by atoms with van der Waals surface area (Å²) in [4.78, 5) is 13.6. The summed E-state index contributed by atoms with van der Waals surface area (Å²) >= 11 is 1.39. The van der Waals surface area contributed by atoms with Gasteiger partial charge in [-0.2, -0.15) is 0 Å². The van der Waals surface area contributed by atoms with Crippen LogP contribution in [0.4, 0.5) is 0 Å². The van der Waals surface area contributed by atoms with E-state index in [0.29, 0.717) is 11.3 Å². The van der Waals surface area contributed by atoms with Crippen molar-refractivity contribution in [2.45, 2.75) is 52.0 Å². The van der Waals surface area contributed by atoms with E-state index in [1.54, 1.807) is 0 Å². The maximum atomic E-state index is 12.0. The molecule has 1 atom stereocenters. The highest BCUT2D eigenvalue weighted by Gasteiger charge is 2.11. The maximum Gasteiger partial charge on any atom is 0.261 e. The van der Waals surface area contributed by atoms with Crippen LogP contribution in [-0.4, -0.2) is 23.7 Å². The fourth-order valence-corrected chi connectivity index (χ4v) is 2.58. The molecule has 110 valence electrons. The van der Waals surface area contributed by atoms with Gasteiger partial charge in [-0.05, 0) is 25.5 Å². The number of carbonyl (C=O) groups excluding carboxylic acids is 1. The molecule has 0 saturated heterocycles. The molecule has 4 heteroatoms. The van der Waals surface area contributed by atoms with Crippen molar-refractivity contribution in [3.8, 4) is 11.8 Å². The van der Waals surface area contributed by atoms with Crippen molar-refractivity contribution in [3.63, 3.8) is 0 Å². The molecule has 1 amide bonds. The smallest absolute Gasteiger partial charge is 0.261 e. The average Bonchev–Trinajstić information content (AvgIpc) is 2.88. The molecule has 0 fully saturated rings. The molecule has 1 rings (SSSR count). The summed E-state index contributed by atoms with van der Waals surface area (Å²) in [6, 6.07) is 3.87. The third-order valence-corrected chi connectivity index (χ3v) is 3.90. The standard InChI is InChI=1S/C16H23NO2S/c1-3-4-5-8-13(2)17-16(19)15-11-10-14(20-15)9-6-7-12-18/h10-11,13,18H,3-5,7-8,12H2,1-2H3,(H,17,19). The van der Waals surface area contributed by atoms with E-state index < -0.39 is 0 Å². The lowest BCUT2D eigenvalue weighted by Gasteiger charge is -2.12. The Hall–Kier alpha value is -1.31. The van der Waals surface area contributed by atoms with Crippen molar-refractivity contribution < 1.29 is 9.90 Å². The second-order valence-electron chi connectivity index (χ2n) is 4.81. The van der Waals surface area contributed by atoms with Crippen molar-refractivity contribution in [1.82, 2.24) is 5.32 Å². The highest BCUT2D eigenvalue weighted by atomic mass is 32.1. The maximum absolute atomic E-state index is 12.0. The SMILES string of the molecule is CCCCCC(C)NC(=O)c1ccc(C#CCCO)s1. The van der Waals surface area contributed by atoms with Gasteiger partial charge < -0.3 is 10.4 Å². The Morgan fingerprint density at radius 2 is 2.25 bits per heavy atom. The predicted molar refractivity (Wildman–Crippen MR) is 84.0 cm³/mol. The molecule has 0 radical (unpaired) electrons. The molecule has 0 aliphatic heterocycles. The van der Waals surface area contributed by atoms with Crippen LogP contribution in [-0.2, 0) is 0 Å². The van der Waals surface area contributed by atoms with Crippen LogP contribution in [0.15, 0.2) is 12.1 Å². The second-order valence-corrected chi connectivity index (χ2v) is 5.89. The molecule has 1 unspecified atom stereocenters. The quantitative estimate of drug-likeness (QED) is 0.599. The van der Waals surface area contributed by atoms with Crippen molar-refractivity contribution >= 4 is 17.2 Å². The molecule has 0 saturated carbocycles. The summed E-state index contributed by atoms with van der Waals surface area (Å²) < 4.78 is 0. The number of aliphatic hydroxyl groups is 1. The van der Waals surface area contributed by atoms with Crippen LogP contribution >= 0.6 is 11.3 Å². The summed E-state index contributed by atoms with van der Waals surface area (Å²) in [5, 5.41) is 11.7. The van der Waals surface area contributed by atoms with Crippen molar-refractivity contribution in [2.75, 3.05) is 6.61 Å². The topological polar surface area (TPSA) is 49.3 Å². The van der Waals surface area contributed by atoms with Gasteiger partial charge in [0.05, 0.1) is 16.4 Å². The Morgan fingerprint density at radius 3 is 2.95 bits per heavy atom. The Labute approximate surface area is 125 Å². The van der Waals surface area contributed by atoms with Gasteiger partial charge >= 0.3 is 0 Å². The molecule has 3 nitrogen and oxygen atoms in total. The van der Waals surface area contributed by atoms with E-state index in [2.05, 4.69) is 24.1 Å². The fraction of sp³-hybridized carbons (Fsp3) is 0.562. The largest absolute Gasteiger partial charge is 0.395 e. The minimum absolute atomic E-state index is 0.0193. The molecule has 2 N–H and O–H groups in total. The van der Waals surface area contributed by atoms with Gasteiger partial charge in [-0.25, -0.2) is 0 Å². The zero-order valence-electron chi connectivity index (χ0n) is 12.2. The molecule has 1 heterocycles. The molecule has 1 aromatic heterocycles. The van der Waals surface area contributed by atoms with E-state index >= 15 is 0 Å². The second kappa shape index (κ2) is 9.57. The summed E-state index contributed by atoms with van der Waals surface area (Å²) in [5.74, 6) is 5.78. The number of unbranched alkanes of at least 4 members (excludes halogenated alkanes) is 2. The number of carbonyl (C=O) groups is 1. The van der Waals surface area contributed by atoms with Gasteiger partial charge in [-0.15, -0.1) is 11.3 Å². The van der Waals surface area contributed by atoms with Gasteiger partial charge in [0.25, 0.3) is 5.91 Å². The van der Waals surface area contributed by atoms with Crippen LogP contribution in [0.5, 0.6) is 0 Å². The van der Waals surface area contributed by atoms with Crippen molar-refractivity contribution in [3.05, 3.63) is 21.9 Å². The predicted octanol–water partition coefficient (Wildman–Crippen LogP) is 3.18. The molecule has 0 spiro atoms. The first-order chi connectivity index (χ1) is 9.67. The zero-order valence-corrected chi connectivity index (χ0v) is 13.1. The number of rotatable bonds is 7. The Kier molecular flexibility index (Phi) is 8.01. The number of hydrogen-bond acceptors (Lipinski definition) is 3. The lowest BCUT2D eigenvalue weighted by molar-refractivity contribution is 0.0942. The minimum atomic E-state index is -0.0193. The summed E-state index contributed by atoms with van der Waals surface area (Å²) in [6.45, 7) is 4.29. The third kappa shape index (κ3) is 6.23. The lowest BCUT2D eigenvalue weighted by Crippen LogP contribution is -2.31. The van der Waals surface area contributed by atoms with Crippen LogP contribution in [0.3, 0.4) is 0 Å². The average molecular weight is 293 g/mol. The van der Waals surface area contributed by atoms with Gasteiger partial charge in [0.2, 0.25) is 0 Å². The zero-order chi connectivity index (χ0) is 14.8. The van der Waals surface area contributed by atoms with Gasteiger partial charge in [0.15, 0.2) is 0 Å². The first-order valence-corrected chi connectivity index (χ1v) is 7.99. The minimum Gasteiger partial charge on any atom is -0.395 e. The number of amides is 1. The van der Waals surface area contributed by atoms with Crippen LogP contribution in [0.25, 0.3) is 0 Å².